The van der Waals surface area contributed by atoms with Crippen molar-refractivity contribution in [3.63, 3.8) is 0 Å². The van der Waals surface area contributed by atoms with E-state index in [1.807, 2.05) is 6.07 Å². The van der Waals surface area contributed by atoms with E-state index >= 15 is 0 Å². The highest BCUT2D eigenvalue weighted by molar-refractivity contribution is 6.71. The van der Waals surface area contributed by atoms with Gasteiger partial charge in [0.05, 0.1) is 0 Å². The van der Waals surface area contributed by atoms with Crippen molar-refractivity contribution in [2.45, 2.75) is 44.9 Å². The van der Waals surface area contributed by atoms with E-state index in [2.05, 4.69) is 44.3 Å². The third-order valence-electron chi connectivity index (χ3n) is 2.99. The summed E-state index contributed by atoms with van der Waals surface area (Å²) in [4.78, 5) is 0. The first kappa shape index (κ1) is 14.4. The average molecular weight is 251 g/mol. The minimum absolute atomic E-state index is 0.254. The first-order valence-electron chi connectivity index (χ1n) is 6.47. The van der Waals surface area contributed by atoms with Crippen molar-refractivity contribution < 1.29 is 4.43 Å². The van der Waals surface area contributed by atoms with Crippen LogP contribution in [0.5, 0.6) is 0 Å². The average Bonchev–Trinajstić information content (AvgIpc) is 2.28. The summed E-state index contributed by atoms with van der Waals surface area (Å²) in [5, 5.41) is 0. The molecule has 1 rings (SSSR count). The zero-order chi connectivity index (χ0) is 12.7. The zero-order valence-electron chi connectivity index (χ0n) is 11.3. The fourth-order valence-corrected chi connectivity index (χ4v) is 4.01. The van der Waals surface area contributed by atoms with Crippen molar-refractivity contribution >= 4 is 8.32 Å². The van der Waals surface area contributed by atoms with Crippen molar-refractivity contribution in [2.75, 3.05) is 6.61 Å². The van der Waals surface area contributed by atoms with E-state index in [0.717, 1.165) is 25.5 Å². The molecule has 1 aromatic rings. The van der Waals surface area contributed by atoms with Gasteiger partial charge in [-0.3, -0.25) is 0 Å². The highest BCUT2D eigenvalue weighted by Gasteiger charge is 2.22. The maximum atomic E-state index is 6.18. The summed E-state index contributed by atoms with van der Waals surface area (Å²) in [5.74, 6) is 0. The molecule has 0 heterocycles. The minimum atomic E-state index is -1.46. The maximum absolute atomic E-state index is 6.18. The number of hydrogen-bond acceptors (Lipinski definition) is 2. The molecule has 0 aliphatic carbocycles. The smallest absolute Gasteiger partial charge is 0.186 e. The summed E-state index contributed by atoms with van der Waals surface area (Å²) in [6.45, 7) is 7.43. The van der Waals surface area contributed by atoms with Gasteiger partial charge < -0.3 is 10.2 Å². The lowest BCUT2D eigenvalue weighted by Gasteiger charge is -2.23. The van der Waals surface area contributed by atoms with Gasteiger partial charge in [-0.2, -0.15) is 0 Å². The molecule has 3 heteroatoms. The Labute approximate surface area is 106 Å². The first-order valence-corrected chi connectivity index (χ1v) is 9.58. The second-order valence-electron chi connectivity index (χ2n) is 5.18. The standard InChI is InChI=1S/C14H25NOSi/c1-4-16-17(2,3)11-10-14(15)12-13-8-6-5-7-9-13/h5-9,14H,4,10-12,15H2,1-3H3. The summed E-state index contributed by atoms with van der Waals surface area (Å²) >= 11 is 0. The first-order chi connectivity index (χ1) is 8.03. The molecule has 2 nitrogen and oxygen atoms in total. The summed E-state index contributed by atoms with van der Waals surface area (Å²) in [6.07, 6.45) is 2.03. The molecule has 0 fully saturated rings. The van der Waals surface area contributed by atoms with Crippen LogP contribution >= 0.6 is 0 Å². The molecule has 0 radical (unpaired) electrons. The number of hydrogen-bond donors (Lipinski definition) is 1. The van der Waals surface area contributed by atoms with Crippen LogP contribution in [0, 0.1) is 0 Å². The Morgan fingerprint density at radius 3 is 2.47 bits per heavy atom. The zero-order valence-corrected chi connectivity index (χ0v) is 12.3. The van der Waals surface area contributed by atoms with Crippen LogP contribution in [-0.2, 0) is 10.8 Å². The molecule has 1 unspecified atom stereocenters. The molecule has 2 N–H and O–H groups in total. The van der Waals surface area contributed by atoms with Crippen LogP contribution in [0.2, 0.25) is 19.1 Å². The van der Waals surface area contributed by atoms with Crippen LogP contribution in [0.1, 0.15) is 18.9 Å². The second-order valence-corrected chi connectivity index (χ2v) is 9.49. The highest BCUT2D eigenvalue weighted by Crippen LogP contribution is 2.16. The molecule has 0 aliphatic rings. The van der Waals surface area contributed by atoms with Gasteiger partial charge in [0.2, 0.25) is 0 Å². The Morgan fingerprint density at radius 1 is 1.24 bits per heavy atom. The monoisotopic (exact) mass is 251 g/mol. The van der Waals surface area contributed by atoms with Crippen molar-refractivity contribution in [1.82, 2.24) is 0 Å². The highest BCUT2D eigenvalue weighted by atomic mass is 28.4. The van der Waals surface area contributed by atoms with Crippen LogP contribution < -0.4 is 5.73 Å². The largest absolute Gasteiger partial charge is 0.418 e. The van der Waals surface area contributed by atoms with E-state index in [-0.39, 0.29) is 6.04 Å². The van der Waals surface area contributed by atoms with Crippen molar-refractivity contribution in [1.29, 1.82) is 0 Å². The molecule has 0 aromatic heterocycles. The number of benzene rings is 1. The van der Waals surface area contributed by atoms with E-state index in [9.17, 15) is 0 Å². The van der Waals surface area contributed by atoms with Gasteiger partial charge in [0.1, 0.15) is 0 Å². The molecule has 0 saturated heterocycles. The Bertz CT molecular complexity index is 313. The third-order valence-corrected chi connectivity index (χ3v) is 5.56. The molecule has 0 aliphatic heterocycles. The second kappa shape index (κ2) is 6.94. The summed E-state index contributed by atoms with van der Waals surface area (Å²) in [6, 6.07) is 11.9. The molecular weight excluding hydrogens is 226 g/mol. The lowest BCUT2D eigenvalue weighted by Crippen LogP contribution is -2.33. The van der Waals surface area contributed by atoms with Crippen LogP contribution in [0.15, 0.2) is 30.3 Å². The Balaban J connectivity index is 2.33. The quantitative estimate of drug-likeness (QED) is 0.755. The maximum Gasteiger partial charge on any atom is 0.186 e. The molecule has 0 bridgehead atoms. The van der Waals surface area contributed by atoms with Gasteiger partial charge in [-0.15, -0.1) is 0 Å². The Hall–Kier alpha value is -0.643. The van der Waals surface area contributed by atoms with Crippen LogP contribution in [0.3, 0.4) is 0 Å². The normalized spacial score (nSPS) is 13.6. The lowest BCUT2D eigenvalue weighted by molar-refractivity contribution is 0.327. The van der Waals surface area contributed by atoms with Gasteiger partial charge >= 0.3 is 0 Å². The van der Waals surface area contributed by atoms with Crippen molar-refractivity contribution in [3.8, 4) is 0 Å². The SMILES string of the molecule is CCO[Si](C)(C)CCC(N)Cc1ccccc1. The van der Waals surface area contributed by atoms with Gasteiger partial charge in [0.25, 0.3) is 0 Å². The van der Waals surface area contributed by atoms with Gasteiger partial charge in [0.15, 0.2) is 8.32 Å². The van der Waals surface area contributed by atoms with E-state index in [4.69, 9.17) is 10.2 Å². The number of rotatable bonds is 7. The van der Waals surface area contributed by atoms with E-state index < -0.39 is 8.32 Å². The molecule has 1 aromatic carbocycles. The predicted molar refractivity (Wildman–Crippen MR) is 76.7 cm³/mol. The topological polar surface area (TPSA) is 35.2 Å². The Kier molecular flexibility index (Phi) is 5.89. The predicted octanol–water partition coefficient (Wildman–Crippen LogP) is 3.19. The van der Waals surface area contributed by atoms with Gasteiger partial charge in [-0.25, -0.2) is 0 Å². The fourth-order valence-electron chi connectivity index (χ4n) is 2.01. The van der Waals surface area contributed by atoms with E-state index in [1.165, 1.54) is 5.56 Å². The van der Waals surface area contributed by atoms with Crippen LogP contribution in [0.4, 0.5) is 0 Å². The van der Waals surface area contributed by atoms with Crippen molar-refractivity contribution in [2.24, 2.45) is 5.73 Å². The van der Waals surface area contributed by atoms with Crippen LogP contribution in [0.25, 0.3) is 0 Å². The summed E-state index contributed by atoms with van der Waals surface area (Å²) in [5.41, 5.74) is 7.51. The molecule has 96 valence electrons. The fraction of sp³-hybridized carbons (Fsp3) is 0.571. The molecule has 0 spiro atoms. The molecule has 1 atom stereocenters. The van der Waals surface area contributed by atoms with E-state index in [0.29, 0.717) is 0 Å². The van der Waals surface area contributed by atoms with Gasteiger partial charge in [0, 0.05) is 12.6 Å². The van der Waals surface area contributed by atoms with E-state index in [1.54, 1.807) is 0 Å². The summed E-state index contributed by atoms with van der Waals surface area (Å²) in [7, 11) is -1.46. The Morgan fingerprint density at radius 2 is 1.88 bits per heavy atom. The molecular formula is C14H25NOSi. The lowest BCUT2D eigenvalue weighted by atomic mass is 10.1. The van der Waals surface area contributed by atoms with Crippen LogP contribution in [-0.4, -0.2) is 21.0 Å². The minimum Gasteiger partial charge on any atom is -0.418 e. The van der Waals surface area contributed by atoms with Gasteiger partial charge in [-0.05, 0) is 44.5 Å². The van der Waals surface area contributed by atoms with Crippen molar-refractivity contribution in [3.05, 3.63) is 35.9 Å². The molecule has 0 amide bonds. The number of nitrogens with two attached hydrogens (primary N) is 1. The molecule has 17 heavy (non-hydrogen) atoms. The summed E-state index contributed by atoms with van der Waals surface area (Å²) < 4.78 is 5.81. The molecule has 0 saturated carbocycles. The van der Waals surface area contributed by atoms with Gasteiger partial charge in [-0.1, -0.05) is 30.3 Å². The third kappa shape index (κ3) is 6.01.